The quantitative estimate of drug-likeness (QED) is 0.807. The van der Waals surface area contributed by atoms with E-state index in [9.17, 15) is 4.79 Å². The Bertz CT molecular complexity index is 592. The highest BCUT2D eigenvalue weighted by atomic mass is 32.1. The summed E-state index contributed by atoms with van der Waals surface area (Å²) in [7, 11) is 0. The van der Waals surface area contributed by atoms with Crippen molar-refractivity contribution in [2.75, 3.05) is 13.1 Å². The van der Waals surface area contributed by atoms with Crippen molar-refractivity contribution in [3.05, 3.63) is 51.5 Å². The standard InChI is InChI=1S/C16H21N3OS/c1-11-4-6-14(7-5-11)16(20)18-9-8-17-12(2)15-10-21-13(3)19-15/h4-7,10,12,17H,8-9H2,1-3H3,(H,18,20). The van der Waals surface area contributed by atoms with Gasteiger partial charge in [0.05, 0.1) is 10.7 Å². The van der Waals surface area contributed by atoms with Crippen LogP contribution >= 0.6 is 11.3 Å². The smallest absolute Gasteiger partial charge is 0.251 e. The second kappa shape index (κ2) is 7.33. The van der Waals surface area contributed by atoms with Crippen LogP contribution in [0.15, 0.2) is 29.6 Å². The van der Waals surface area contributed by atoms with Crippen molar-refractivity contribution in [1.29, 1.82) is 0 Å². The van der Waals surface area contributed by atoms with Crippen molar-refractivity contribution in [3.63, 3.8) is 0 Å². The van der Waals surface area contributed by atoms with Crippen LogP contribution in [-0.2, 0) is 0 Å². The number of thiazole rings is 1. The zero-order valence-corrected chi connectivity index (χ0v) is 13.5. The van der Waals surface area contributed by atoms with Crippen LogP contribution in [0, 0.1) is 13.8 Å². The van der Waals surface area contributed by atoms with Gasteiger partial charge in [-0.3, -0.25) is 4.79 Å². The van der Waals surface area contributed by atoms with E-state index in [0.717, 1.165) is 22.8 Å². The number of aryl methyl sites for hydroxylation is 2. The molecule has 1 aromatic carbocycles. The third-order valence-corrected chi connectivity index (χ3v) is 4.05. The first-order valence-corrected chi connectivity index (χ1v) is 7.94. The lowest BCUT2D eigenvalue weighted by molar-refractivity contribution is 0.0953. The van der Waals surface area contributed by atoms with E-state index >= 15 is 0 Å². The van der Waals surface area contributed by atoms with Crippen molar-refractivity contribution in [2.24, 2.45) is 0 Å². The molecule has 2 rings (SSSR count). The molecule has 2 N–H and O–H groups in total. The number of benzene rings is 1. The van der Waals surface area contributed by atoms with Gasteiger partial charge in [0.2, 0.25) is 0 Å². The number of carbonyl (C=O) groups excluding carboxylic acids is 1. The first kappa shape index (κ1) is 15.7. The second-order valence-corrected chi connectivity index (χ2v) is 6.15. The van der Waals surface area contributed by atoms with Gasteiger partial charge >= 0.3 is 0 Å². The van der Waals surface area contributed by atoms with Gasteiger partial charge in [-0.25, -0.2) is 4.98 Å². The van der Waals surface area contributed by atoms with E-state index in [1.165, 1.54) is 0 Å². The fourth-order valence-corrected chi connectivity index (χ4v) is 2.66. The number of rotatable bonds is 6. The molecular weight excluding hydrogens is 282 g/mol. The molecule has 0 radical (unpaired) electrons. The van der Waals surface area contributed by atoms with Crippen LogP contribution in [0.2, 0.25) is 0 Å². The van der Waals surface area contributed by atoms with E-state index in [0.29, 0.717) is 12.1 Å². The Morgan fingerprint density at radius 1 is 1.24 bits per heavy atom. The highest BCUT2D eigenvalue weighted by Gasteiger charge is 2.08. The van der Waals surface area contributed by atoms with Crippen LogP contribution in [0.25, 0.3) is 0 Å². The molecule has 1 heterocycles. The minimum atomic E-state index is -0.0334. The van der Waals surface area contributed by atoms with Gasteiger partial charge in [-0.05, 0) is 32.9 Å². The van der Waals surface area contributed by atoms with Crippen LogP contribution in [0.4, 0.5) is 0 Å². The normalized spacial score (nSPS) is 12.1. The Morgan fingerprint density at radius 3 is 2.57 bits per heavy atom. The molecule has 1 atom stereocenters. The Kier molecular flexibility index (Phi) is 5.47. The highest BCUT2D eigenvalue weighted by molar-refractivity contribution is 7.09. The summed E-state index contributed by atoms with van der Waals surface area (Å²) >= 11 is 1.65. The SMILES string of the molecule is Cc1ccc(C(=O)NCCNC(C)c2csc(C)n2)cc1. The van der Waals surface area contributed by atoms with Gasteiger partial charge in [0.1, 0.15) is 0 Å². The lowest BCUT2D eigenvalue weighted by Crippen LogP contribution is -2.33. The predicted molar refractivity (Wildman–Crippen MR) is 86.8 cm³/mol. The minimum absolute atomic E-state index is 0.0334. The molecule has 0 bridgehead atoms. The molecule has 0 saturated carbocycles. The average molecular weight is 303 g/mol. The maximum absolute atomic E-state index is 11.9. The maximum Gasteiger partial charge on any atom is 0.251 e. The number of nitrogens with one attached hydrogen (secondary N) is 2. The van der Waals surface area contributed by atoms with Crippen molar-refractivity contribution >= 4 is 17.2 Å². The summed E-state index contributed by atoms with van der Waals surface area (Å²) in [6, 6.07) is 7.78. The monoisotopic (exact) mass is 303 g/mol. The Balaban J connectivity index is 1.72. The van der Waals surface area contributed by atoms with Gasteiger partial charge in [0.15, 0.2) is 0 Å². The molecule has 0 fully saturated rings. The predicted octanol–water partition coefficient (Wildman–Crippen LogP) is 2.84. The van der Waals surface area contributed by atoms with E-state index in [4.69, 9.17) is 0 Å². The zero-order valence-electron chi connectivity index (χ0n) is 12.6. The van der Waals surface area contributed by atoms with Gasteiger partial charge < -0.3 is 10.6 Å². The summed E-state index contributed by atoms with van der Waals surface area (Å²) in [6.07, 6.45) is 0. The summed E-state index contributed by atoms with van der Waals surface area (Å²) in [6.45, 7) is 7.40. The van der Waals surface area contributed by atoms with E-state index in [1.54, 1.807) is 11.3 Å². The number of aromatic nitrogens is 1. The van der Waals surface area contributed by atoms with Crippen molar-refractivity contribution < 1.29 is 4.79 Å². The molecule has 0 aliphatic heterocycles. The average Bonchev–Trinajstić information content (AvgIpc) is 2.90. The molecule has 5 heteroatoms. The number of amides is 1. The molecule has 0 aliphatic carbocycles. The summed E-state index contributed by atoms with van der Waals surface area (Å²) in [4.78, 5) is 16.4. The lowest BCUT2D eigenvalue weighted by atomic mass is 10.1. The second-order valence-electron chi connectivity index (χ2n) is 5.09. The molecule has 4 nitrogen and oxygen atoms in total. The third-order valence-electron chi connectivity index (χ3n) is 3.26. The number of hydrogen-bond acceptors (Lipinski definition) is 4. The van der Waals surface area contributed by atoms with Crippen molar-refractivity contribution in [1.82, 2.24) is 15.6 Å². The van der Waals surface area contributed by atoms with Crippen molar-refractivity contribution in [3.8, 4) is 0 Å². The van der Waals surface area contributed by atoms with Gasteiger partial charge in [-0.2, -0.15) is 0 Å². The lowest BCUT2D eigenvalue weighted by Gasteiger charge is -2.12. The molecule has 1 amide bonds. The van der Waals surface area contributed by atoms with E-state index in [1.807, 2.05) is 38.1 Å². The van der Waals surface area contributed by atoms with Crippen molar-refractivity contribution in [2.45, 2.75) is 26.8 Å². The van der Waals surface area contributed by atoms with Crippen LogP contribution in [-0.4, -0.2) is 24.0 Å². The molecule has 0 aliphatic rings. The molecule has 21 heavy (non-hydrogen) atoms. The van der Waals surface area contributed by atoms with Gasteiger partial charge in [-0.1, -0.05) is 17.7 Å². The van der Waals surface area contributed by atoms with E-state index in [2.05, 4.69) is 27.9 Å². The molecule has 0 saturated heterocycles. The highest BCUT2D eigenvalue weighted by Crippen LogP contribution is 2.15. The first-order valence-electron chi connectivity index (χ1n) is 7.06. The summed E-state index contributed by atoms with van der Waals surface area (Å²) in [5.74, 6) is -0.0334. The molecule has 1 unspecified atom stereocenters. The topological polar surface area (TPSA) is 54.0 Å². The van der Waals surface area contributed by atoms with Crippen LogP contribution in [0.3, 0.4) is 0 Å². The fraction of sp³-hybridized carbons (Fsp3) is 0.375. The number of carbonyl (C=O) groups is 1. The largest absolute Gasteiger partial charge is 0.351 e. The fourth-order valence-electron chi connectivity index (χ4n) is 1.96. The Morgan fingerprint density at radius 2 is 1.95 bits per heavy atom. The summed E-state index contributed by atoms with van der Waals surface area (Å²) in [5.41, 5.74) is 2.91. The summed E-state index contributed by atoms with van der Waals surface area (Å²) in [5, 5.41) is 9.41. The van der Waals surface area contributed by atoms with E-state index in [-0.39, 0.29) is 11.9 Å². The van der Waals surface area contributed by atoms with Crippen LogP contribution < -0.4 is 10.6 Å². The number of nitrogens with zero attached hydrogens (tertiary/aromatic N) is 1. The minimum Gasteiger partial charge on any atom is -0.351 e. The Hall–Kier alpha value is -1.72. The third kappa shape index (κ3) is 4.65. The Labute approximate surface area is 129 Å². The van der Waals surface area contributed by atoms with Crippen LogP contribution in [0.1, 0.15) is 39.6 Å². The van der Waals surface area contributed by atoms with E-state index < -0.39 is 0 Å². The molecule has 0 spiro atoms. The maximum atomic E-state index is 11.9. The molecule has 2 aromatic rings. The van der Waals surface area contributed by atoms with Gasteiger partial charge in [0.25, 0.3) is 5.91 Å². The molecule has 112 valence electrons. The van der Waals surface area contributed by atoms with Gasteiger partial charge in [0, 0.05) is 30.1 Å². The van der Waals surface area contributed by atoms with Crippen LogP contribution in [0.5, 0.6) is 0 Å². The molecule has 1 aromatic heterocycles. The number of hydrogen-bond donors (Lipinski definition) is 2. The zero-order chi connectivity index (χ0) is 15.2. The van der Waals surface area contributed by atoms with Gasteiger partial charge in [-0.15, -0.1) is 11.3 Å². The first-order chi connectivity index (χ1) is 10.1. The molecular formula is C16H21N3OS. The summed E-state index contributed by atoms with van der Waals surface area (Å²) < 4.78 is 0.